The first-order valence-electron chi connectivity index (χ1n) is 1.33. The van der Waals surface area contributed by atoms with Crippen LogP contribution in [0.15, 0.2) is 0 Å². The zero-order valence-electron chi connectivity index (χ0n) is 3.76. The monoisotopic (exact) mass is 143 g/mol. The van der Waals surface area contributed by atoms with Crippen LogP contribution in [0.1, 0.15) is 0 Å². The van der Waals surface area contributed by atoms with Crippen molar-refractivity contribution in [2.24, 2.45) is 5.73 Å². The maximum absolute atomic E-state index is 7.79. The average Bonchev–Trinajstić information content (AvgIpc) is 1.38. The molecule has 6 N–H and O–H groups in total. The molecule has 0 saturated carbocycles. The fraction of sp³-hybridized carbons (Fsp3) is 1.00. The Hall–Kier alpha value is 0.554. The van der Waals surface area contributed by atoms with Crippen LogP contribution in [0.4, 0.5) is 0 Å². The van der Waals surface area contributed by atoms with Crippen molar-refractivity contribution in [3.63, 3.8) is 0 Å². The van der Waals surface area contributed by atoms with Crippen molar-refractivity contribution in [2.45, 2.75) is 6.29 Å². The van der Waals surface area contributed by atoms with E-state index < -0.39 is 6.29 Å². The van der Waals surface area contributed by atoms with Gasteiger partial charge in [0.2, 0.25) is 0 Å². The van der Waals surface area contributed by atoms with Crippen LogP contribution in [0.3, 0.4) is 0 Å². The van der Waals surface area contributed by atoms with Crippen LogP contribution in [-0.2, 0) is 21.7 Å². The molecule has 0 heterocycles. The predicted octanol–water partition coefficient (Wildman–Crippen LogP) is -2.57. The van der Waals surface area contributed by atoms with Gasteiger partial charge >= 0.3 is 0 Å². The minimum atomic E-state index is -1.34. The predicted molar refractivity (Wildman–Crippen MR) is 20.9 cm³/mol. The van der Waals surface area contributed by atoms with E-state index in [4.69, 9.17) is 10.2 Å². The number of hydrogen-bond acceptors (Lipinski definition) is 3. The Morgan fingerprint density at radius 3 is 1.57 bits per heavy atom. The Morgan fingerprint density at radius 2 is 1.57 bits per heavy atom. The molecule has 0 rings (SSSR count). The van der Waals surface area contributed by atoms with Gasteiger partial charge in [-0.15, -0.1) is 0 Å². The Kier molecular flexibility index (Phi) is 21.8. The molecule has 0 aromatic rings. The van der Waals surface area contributed by atoms with Crippen molar-refractivity contribution in [1.29, 1.82) is 0 Å². The summed E-state index contributed by atoms with van der Waals surface area (Å²) >= 11 is 0. The molecule has 0 aromatic heterocycles. The van der Waals surface area contributed by atoms with Gasteiger partial charge in [0.25, 0.3) is 0 Å². The fourth-order valence-electron chi connectivity index (χ4n) is 0. The smallest absolute Gasteiger partial charge is 0.163 e. The Bertz CT molecular complexity index is 26.9. The van der Waals surface area contributed by atoms with Crippen LogP contribution in [0.25, 0.3) is 0 Å². The van der Waals surface area contributed by atoms with Gasteiger partial charge in [-0.1, -0.05) is 0 Å². The quantitative estimate of drug-likeness (QED) is 0.278. The zero-order valence-corrected chi connectivity index (χ0v) is 5.32. The number of hydrogen-bond donors (Lipinski definition) is 3. The number of aliphatic hydroxyl groups excluding tert-OH is 1. The molecule has 0 atom stereocenters. The second-order valence-corrected chi connectivity index (χ2v) is 0.716. The van der Waals surface area contributed by atoms with Crippen molar-refractivity contribution in [3.05, 3.63) is 0 Å². The van der Waals surface area contributed by atoms with Gasteiger partial charge in [-0.3, -0.25) is 0 Å². The zero-order chi connectivity index (χ0) is 4.28. The molecule has 4 nitrogen and oxygen atoms in total. The molecule has 0 aliphatic carbocycles. The number of aliphatic hydroxyl groups is 2. The summed E-state index contributed by atoms with van der Waals surface area (Å²) in [7, 11) is 0. The Labute approximate surface area is 56.5 Å². The summed E-state index contributed by atoms with van der Waals surface area (Å²) in [5, 5.41) is 15.6. The first kappa shape index (κ1) is 15.6. The van der Waals surface area contributed by atoms with E-state index in [1.54, 1.807) is 0 Å². The van der Waals surface area contributed by atoms with Crippen molar-refractivity contribution in [1.82, 2.24) is 0 Å². The molecule has 0 aliphatic heterocycles. The molecule has 0 saturated heterocycles. The standard InChI is InChI=1S/C2H7NO2.H2O.Ti/c3-1-2(4)5;;/h2,4-5H,1,3H2;1H2;. The van der Waals surface area contributed by atoms with E-state index in [-0.39, 0.29) is 33.7 Å². The summed E-state index contributed by atoms with van der Waals surface area (Å²) in [6.07, 6.45) is -1.34. The Balaban J connectivity index is -0.0000000800. The number of nitrogens with two attached hydrogens (primary N) is 1. The molecule has 0 unspecified atom stereocenters. The first-order chi connectivity index (χ1) is 2.27. The van der Waals surface area contributed by atoms with Crippen molar-refractivity contribution < 1.29 is 37.4 Å². The van der Waals surface area contributed by atoms with Gasteiger partial charge in [0.05, 0.1) is 0 Å². The van der Waals surface area contributed by atoms with Crippen LogP contribution >= 0.6 is 0 Å². The summed E-state index contributed by atoms with van der Waals surface area (Å²) in [5.41, 5.74) is 4.67. The topological polar surface area (TPSA) is 98.0 Å². The third-order valence-corrected chi connectivity index (χ3v) is 0.211. The van der Waals surface area contributed by atoms with Crippen molar-refractivity contribution in [3.8, 4) is 0 Å². The molecular formula is C2H9NO3Ti. The van der Waals surface area contributed by atoms with E-state index in [2.05, 4.69) is 5.73 Å². The first-order valence-corrected chi connectivity index (χ1v) is 1.33. The van der Waals surface area contributed by atoms with Crippen molar-refractivity contribution in [2.75, 3.05) is 6.54 Å². The van der Waals surface area contributed by atoms with Gasteiger partial charge in [-0.2, -0.15) is 0 Å². The van der Waals surface area contributed by atoms with E-state index in [0.717, 1.165) is 0 Å². The van der Waals surface area contributed by atoms with Crippen LogP contribution in [-0.4, -0.2) is 28.5 Å². The molecule has 7 heavy (non-hydrogen) atoms. The molecular weight excluding hydrogens is 134 g/mol. The molecule has 0 spiro atoms. The van der Waals surface area contributed by atoms with Gasteiger partial charge in [0.1, 0.15) is 0 Å². The summed E-state index contributed by atoms with van der Waals surface area (Å²) in [4.78, 5) is 0. The van der Waals surface area contributed by atoms with Gasteiger partial charge in [-0.05, 0) is 0 Å². The van der Waals surface area contributed by atoms with Gasteiger partial charge in [0.15, 0.2) is 6.29 Å². The van der Waals surface area contributed by atoms with E-state index in [9.17, 15) is 0 Å². The van der Waals surface area contributed by atoms with Crippen LogP contribution in [0, 0.1) is 0 Å². The third-order valence-electron chi connectivity index (χ3n) is 0.211. The van der Waals surface area contributed by atoms with Crippen molar-refractivity contribution >= 4 is 0 Å². The number of rotatable bonds is 1. The fourth-order valence-corrected chi connectivity index (χ4v) is 0. The maximum atomic E-state index is 7.79. The molecule has 0 fully saturated rings. The second-order valence-electron chi connectivity index (χ2n) is 0.716. The Morgan fingerprint density at radius 1 is 1.43 bits per heavy atom. The van der Waals surface area contributed by atoms with Crippen LogP contribution in [0.5, 0.6) is 0 Å². The van der Waals surface area contributed by atoms with Crippen LogP contribution in [0.2, 0.25) is 0 Å². The van der Waals surface area contributed by atoms with E-state index in [1.807, 2.05) is 0 Å². The molecule has 0 radical (unpaired) electrons. The van der Waals surface area contributed by atoms with E-state index in [0.29, 0.717) is 0 Å². The molecule has 44 valence electrons. The summed E-state index contributed by atoms with van der Waals surface area (Å²) in [6.45, 7) is -0.0833. The minimum Gasteiger partial charge on any atom is -0.412 e. The minimum absolute atomic E-state index is 0. The van der Waals surface area contributed by atoms with Gasteiger partial charge < -0.3 is 21.4 Å². The maximum Gasteiger partial charge on any atom is 0.163 e. The molecule has 0 bridgehead atoms. The molecule has 0 aliphatic rings. The summed E-state index contributed by atoms with van der Waals surface area (Å²) in [5.74, 6) is 0. The normalized spacial score (nSPS) is 6.86. The third kappa shape index (κ3) is 20.8. The van der Waals surface area contributed by atoms with Crippen LogP contribution < -0.4 is 5.73 Å². The summed E-state index contributed by atoms with van der Waals surface area (Å²) in [6, 6.07) is 0. The van der Waals surface area contributed by atoms with Gasteiger partial charge in [-0.25, -0.2) is 0 Å². The molecule has 5 heteroatoms. The second kappa shape index (κ2) is 9.75. The molecule has 0 amide bonds. The van der Waals surface area contributed by atoms with E-state index >= 15 is 0 Å². The summed E-state index contributed by atoms with van der Waals surface area (Å²) < 4.78 is 0. The molecule has 0 aromatic carbocycles. The largest absolute Gasteiger partial charge is 0.412 e. The van der Waals surface area contributed by atoms with Gasteiger partial charge in [0, 0.05) is 28.3 Å². The SMILES string of the molecule is NCC(O)O.O.[Ti]. The van der Waals surface area contributed by atoms with E-state index in [1.165, 1.54) is 0 Å². The average molecular weight is 143 g/mol.